The first-order chi connectivity index (χ1) is 11.6. The fourth-order valence-electron chi connectivity index (χ4n) is 5.00. The molecule has 5 heteroatoms. The highest BCUT2D eigenvalue weighted by molar-refractivity contribution is 8.02. The summed E-state index contributed by atoms with van der Waals surface area (Å²) in [7, 11) is 0. The van der Waals surface area contributed by atoms with E-state index in [-0.39, 0.29) is 23.1 Å². The highest BCUT2D eigenvalue weighted by Gasteiger charge is 2.54. The summed E-state index contributed by atoms with van der Waals surface area (Å²) in [5, 5.41) is 3.43. The maximum atomic E-state index is 13.1. The van der Waals surface area contributed by atoms with Crippen LogP contribution in [0.4, 0.5) is 0 Å². The van der Waals surface area contributed by atoms with Gasteiger partial charge >= 0.3 is 0 Å². The van der Waals surface area contributed by atoms with Crippen molar-refractivity contribution < 1.29 is 4.79 Å². The standard InChI is InChI=1S/C20H28N2OS.ClH/c1-13-6-5-7-17(14(13)2)22-19(23)15-12-24-20-10-4-3-8-18(20)21-11-9-16(15)20;/h3-4,8,10,13-17H,5-7,9,11-12H2,1-2H3,(H,22,23);1H. The van der Waals surface area contributed by atoms with Gasteiger partial charge in [-0.25, -0.2) is 0 Å². The van der Waals surface area contributed by atoms with Crippen molar-refractivity contribution in [2.45, 2.75) is 50.3 Å². The summed E-state index contributed by atoms with van der Waals surface area (Å²) in [5.41, 5.74) is 1.18. The normalized spacial score (nSPS) is 42.0. The Hall–Kier alpha value is -0.740. The van der Waals surface area contributed by atoms with Gasteiger partial charge in [-0.1, -0.05) is 44.9 Å². The number of amides is 1. The molecule has 1 spiro atoms. The Kier molecular flexibility index (Phi) is 5.69. The maximum Gasteiger partial charge on any atom is 0.224 e. The van der Waals surface area contributed by atoms with Crippen LogP contribution in [0.3, 0.4) is 0 Å². The van der Waals surface area contributed by atoms with Gasteiger partial charge in [0.1, 0.15) is 0 Å². The maximum absolute atomic E-state index is 13.1. The second-order valence-corrected chi connectivity index (χ2v) is 9.27. The van der Waals surface area contributed by atoms with E-state index in [0.717, 1.165) is 25.1 Å². The van der Waals surface area contributed by atoms with Crippen molar-refractivity contribution in [1.29, 1.82) is 0 Å². The van der Waals surface area contributed by atoms with Crippen LogP contribution in [-0.4, -0.2) is 34.7 Å². The Labute approximate surface area is 161 Å². The fraction of sp³-hybridized carbons (Fsp3) is 0.700. The van der Waals surface area contributed by atoms with E-state index in [1.807, 2.05) is 11.8 Å². The first kappa shape index (κ1) is 19.0. The van der Waals surface area contributed by atoms with Crippen molar-refractivity contribution >= 4 is 35.8 Å². The minimum absolute atomic E-state index is 0. The van der Waals surface area contributed by atoms with Crippen molar-refractivity contribution in [2.75, 3.05) is 12.3 Å². The lowest BCUT2D eigenvalue weighted by Gasteiger charge is -2.39. The summed E-state index contributed by atoms with van der Waals surface area (Å²) in [6, 6.07) is 0.362. The van der Waals surface area contributed by atoms with Crippen LogP contribution in [0.25, 0.3) is 0 Å². The number of carbonyl (C=O) groups is 1. The topological polar surface area (TPSA) is 41.5 Å². The lowest BCUT2D eigenvalue weighted by molar-refractivity contribution is -0.127. The number of halogens is 1. The molecule has 2 heterocycles. The SMILES string of the molecule is CC1CCCC(NC(=O)C2CSC34C=CC=CC3=NCCC24)C1C.Cl. The van der Waals surface area contributed by atoms with Gasteiger partial charge in [0.2, 0.25) is 5.91 Å². The Morgan fingerprint density at radius 3 is 2.96 bits per heavy atom. The lowest BCUT2D eigenvalue weighted by atomic mass is 9.73. The molecule has 25 heavy (non-hydrogen) atoms. The number of rotatable bonds is 2. The summed E-state index contributed by atoms with van der Waals surface area (Å²) in [5.74, 6) is 3.04. The van der Waals surface area contributed by atoms with Crippen molar-refractivity contribution in [3.05, 3.63) is 24.3 Å². The summed E-state index contributed by atoms with van der Waals surface area (Å²) >= 11 is 1.93. The van der Waals surface area contributed by atoms with Gasteiger partial charge in [-0.15, -0.1) is 24.2 Å². The molecule has 2 aliphatic carbocycles. The van der Waals surface area contributed by atoms with Crippen molar-refractivity contribution in [3.63, 3.8) is 0 Å². The number of hydrogen-bond acceptors (Lipinski definition) is 3. The van der Waals surface area contributed by atoms with Gasteiger partial charge in [0.15, 0.2) is 0 Å². The van der Waals surface area contributed by atoms with Gasteiger partial charge in [-0.2, -0.15) is 0 Å². The quantitative estimate of drug-likeness (QED) is 0.785. The molecule has 2 fully saturated rings. The van der Waals surface area contributed by atoms with Crippen LogP contribution in [0, 0.1) is 23.7 Å². The molecule has 1 amide bonds. The number of carbonyl (C=O) groups excluding carboxylic acids is 1. The molecule has 138 valence electrons. The Bertz CT molecular complexity index is 617. The summed E-state index contributed by atoms with van der Waals surface area (Å²) in [4.78, 5) is 17.8. The van der Waals surface area contributed by atoms with Gasteiger partial charge in [-0.3, -0.25) is 9.79 Å². The molecular formula is C20H29ClN2OS. The first-order valence-corrected chi connectivity index (χ1v) is 10.5. The minimum atomic E-state index is -0.0412. The third-order valence-electron chi connectivity index (χ3n) is 6.74. The average molecular weight is 381 g/mol. The van der Waals surface area contributed by atoms with Gasteiger partial charge in [-0.05, 0) is 36.7 Å². The van der Waals surface area contributed by atoms with Crippen LogP contribution in [0.15, 0.2) is 29.3 Å². The molecule has 0 aromatic carbocycles. The molecule has 1 N–H and O–H groups in total. The molecule has 3 nitrogen and oxygen atoms in total. The molecule has 0 aromatic heterocycles. The van der Waals surface area contributed by atoms with E-state index in [1.165, 1.54) is 18.6 Å². The zero-order chi connectivity index (χ0) is 16.7. The van der Waals surface area contributed by atoms with Crippen LogP contribution in [0.2, 0.25) is 0 Å². The molecule has 0 bridgehead atoms. The number of thioether (sulfide) groups is 1. The van der Waals surface area contributed by atoms with E-state index in [9.17, 15) is 4.79 Å². The van der Waals surface area contributed by atoms with E-state index < -0.39 is 0 Å². The third-order valence-corrected chi connectivity index (χ3v) is 8.39. The van der Waals surface area contributed by atoms with Crippen LogP contribution < -0.4 is 5.32 Å². The van der Waals surface area contributed by atoms with Gasteiger partial charge in [0.25, 0.3) is 0 Å². The second kappa shape index (κ2) is 7.48. The van der Waals surface area contributed by atoms with E-state index in [0.29, 0.717) is 29.7 Å². The third kappa shape index (κ3) is 3.21. The lowest BCUT2D eigenvalue weighted by Crippen LogP contribution is -2.50. The summed E-state index contributed by atoms with van der Waals surface area (Å²) in [6.07, 6.45) is 13.4. The first-order valence-electron chi connectivity index (χ1n) is 9.47. The van der Waals surface area contributed by atoms with Gasteiger partial charge < -0.3 is 5.32 Å². The number of hydrogen-bond donors (Lipinski definition) is 1. The highest BCUT2D eigenvalue weighted by atomic mass is 35.5. The smallest absolute Gasteiger partial charge is 0.224 e. The average Bonchev–Trinajstić information content (AvgIpc) is 2.97. The number of nitrogens with zero attached hydrogens (tertiary/aromatic N) is 1. The van der Waals surface area contributed by atoms with Crippen LogP contribution in [0.5, 0.6) is 0 Å². The molecule has 6 atom stereocenters. The van der Waals surface area contributed by atoms with Gasteiger partial charge in [0, 0.05) is 18.3 Å². The molecule has 0 radical (unpaired) electrons. The number of aliphatic imine (C=N–C) groups is 1. The van der Waals surface area contributed by atoms with E-state index in [2.05, 4.69) is 43.5 Å². The molecule has 4 rings (SSSR count). The van der Waals surface area contributed by atoms with Crippen LogP contribution in [0.1, 0.15) is 39.5 Å². The predicted octanol–water partition coefficient (Wildman–Crippen LogP) is 4.04. The monoisotopic (exact) mass is 380 g/mol. The molecule has 6 unspecified atom stereocenters. The minimum Gasteiger partial charge on any atom is -0.353 e. The molecule has 0 aromatic rings. The van der Waals surface area contributed by atoms with E-state index in [1.54, 1.807) is 0 Å². The molecule has 2 aliphatic heterocycles. The predicted molar refractivity (Wildman–Crippen MR) is 109 cm³/mol. The van der Waals surface area contributed by atoms with Crippen molar-refractivity contribution in [2.24, 2.45) is 28.7 Å². The zero-order valence-electron chi connectivity index (χ0n) is 15.1. The molecule has 1 saturated heterocycles. The van der Waals surface area contributed by atoms with Crippen LogP contribution in [-0.2, 0) is 4.79 Å². The summed E-state index contributed by atoms with van der Waals surface area (Å²) < 4.78 is -0.0412. The largest absolute Gasteiger partial charge is 0.353 e. The molecular weight excluding hydrogens is 352 g/mol. The van der Waals surface area contributed by atoms with Crippen molar-refractivity contribution in [3.8, 4) is 0 Å². The van der Waals surface area contributed by atoms with Crippen molar-refractivity contribution in [1.82, 2.24) is 5.32 Å². The summed E-state index contributed by atoms with van der Waals surface area (Å²) in [6.45, 7) is 5.49. The Morgan fingerprint density at radius 1 is 1.28 bits per heavy atom. The molecule has 1 saturated carbocycles. The molecule has 4 aliphatic rings. The number of nitrogens with one attached hydrogen (secondary N) is 1. The van der Waals surface area contributed by atoms with Gasteiger partial charge in [0.05, 0.1) is 16.4 Å². The fourth-order valence-corrected chi connectivity index (χ4v) is 6.79. The zero-order valence-corrected chi connectivity index (χ0v) is 16.7. The Morgan fingerprint density at radius 2 is 2.12 bits per heavy atom. The van der Waals surface area contributed by atoms with E-state index in [4.69, 9.17) is 4.99 Å². The second-order valence-electron chi connectivity index (χ2n) is 7.97. The Balaban J connectivity index is 0.00000182. The highest BCUT2D eigenvalue weighted by Crippen LogP contribution is 2.53. The van der Waals surface area contributed by atoms with Crippen LogP contribution >= 0.6 is 24.2 Å². The van der Waals surface area contributed by atoms with E-state index >= 15 is 0 Å². The number of allylic oxidation sites excluding steroid dienone is 3.